The van der Waals surface area contributed by atoms with Gasteiger partial charge in [0.15, 0.2) is 4.80 Å². The van der Waals surface area contributed by atoms with E-state index in [4.69, 9.17) is 14.2 Å². The maximum absolute atomic E-state index is 13.7. The summed E-state index contributed by atoms with van der Waals surface area (Å²) >= 11 is 1.27. The van der Waals surface area contributed by atoms with E-state index in [0.717, 1.165) is 16.9 Å². The zero-order valence-corrected chi connectivity index (χ0v) is 21.3. The van der Waals surface area contributed by atoms with Crippen LogP contribution in [0.3, 0.4) is 0 Å². The fraction of sp³-hybridized carbons (Fsp3) is 0.138. The summed E-state index contributed by atoms with van der Waals surface area (Å²) in [5.41, 5.74) is 2.15. The molecule has 8 heteroatoms. The van der Waals surface area contributed by atoms with E-state index in [2.05, 4.69) is 4.99 Å². The zero-order chi connectivity index (χ0) is 25.9. The number of ether oxygens (including phenoxy) is 3. The van der Waals surface area contributed by atoms with Crippen LogP contribution in [0, 0.1) is 0 Å². The standard InChI is InChI=1S/C29H24N2O5S/c1-18-25(28(33)35-3)26(20-12-14-21(34-2)15-13-20)31-27(32)24(37-29(31)30-18)17-19-8-7-11-23(16-19)36-22-9-5-4-6-10-22/h4-17,26H,1-3H3/b24-17+/t26-/m0/s1. The highest BCUT2D eigenvalue weighted by atomic mass is 32.1. The number of carbonyl (C=O) groups is 1. The first-order chi connectivity index (χ1) is 18.0. The molecule has 0 saturated heterocycles. The van der Waals surface area contributed by atoms with E-state index in [1.165, 1.54) is 18.4 Å². The number of thiazole rings is 1. The summed E-state index contributed by atoms with van der Waals surface area (Å²) in [6, 6.07) is 23.6. The molecule has 3 aromatic carbocycles. The van der Waals surface area contributed by atoms with Crippen molar-refractivity contribution in [2.75, 3.05) is 14.2 Å². The van der Waals surface area contributed by atoms with Crippen molar-refractivity contribution in [3.05, 3.63) is 121 Å². The van der Waals surface area contributed by atoms with Gasteiger partial charge >= 0.3 is 5.97 Å². The highest BCUT2D eigenvalue weighted by molar-refractivity contribution is 7.07. The predicted octanol–water partition coefficient (Wildman–Crippen LogP) is 4.21. The molecule has 4 aromatic rings. The van der Waals surface area contributed by atoms with Crippen molar-refractivity contribution >= 4 is 23.4 Å². The van der Waals surface area contributed by atoms with E-state index < -0.39 is 12.0 Å². The number of aromatic nitrogens is 1. The van der Waals surface area contributed by atoms with Gasteiger partial charge in [0, 0.05) is 0 Å². The molecule has 1 aliphatic rings. The molecule has 0 spiro atoms. The third-order valence-corrected chi connectivity index (χ3v) is 6.98. The van der Waals surface area contributed by atoms with Gasteiger partial charge in [-0.25, -0.2) is 9.79 Å². The number of allylic oxidation sites excluding steroid dienone is 1. The fourth-order valence-electron chi connectivity index (χ4n) is 4.24. The molecule has 0 unspecified atom stereocenters. The highest BCUT2D eigenvalue weighted by Crippen LogP contribution is 2.31. The second-order valence-electron chi connectivity index (χ2n) is 8.33. The van der Waals surface area contributed by atoms with E-state index in [9.17, 15) is 9.59 Å². The summed E-state index contributed by atoms with van der Waals surface area (Å²) < 4.78 is 18.3. The van der Waals surface area contributed by atoms with Crippen LogP contribution in [0.25, 0.3) is 6.08 Å². The third-order valence-electron chi connectivity index (χ3n) is 5.99. The maximum atomic E-state index is 13.7. The van der Waals surface area contributed by atoms with Gasteiger partial charge in [-0.15, -0.1) is 0 Å². The minimum absolute atomic E-state index is 0.243. The first-order valence-electron chi connectivity index (χ1n) is 11.6. The monoisotopic (exact) mass is 512 g/mol. The van der Waals surface area contributed by atoms with Crippen molar-refractivity contribution in [2.45, 2.75) is 13.0 Å². The molecule has 0 saturated carbocycles. The number of rotatable bonds is 6. The zero-order valence-electron chi connectivity index (χ0n) is 20.5. The van der Waals surface area contributed by atoms with Crippen molar-refractivity contribution in [3.8, 4) is 17.2 Å². The van der Waals surface area contributed by atoms with E-state index >= 15 is 0 Å². The van der Waals surface area contributed by atoms with E-state index in [0.29, 0.717) is 32.1 Å². The van der Waals surface area contributed by atoms with Crippen LogP contribution in [0.15, 0.2) is 99.9 Å². The molecule has 1 atom stereocenters. The Kier molecular flexibility index (Phi) is 6.74. The number of esters is 1. The Hall–Kier alpha value is -4.43. The number of hydrogen-bond donors (Lipinski definition) is 0. The van der Waals surface area contributed by atoms with Crippen LogP contribution < -0.4 is 24.4 Å². The first kappa shape index (κ1) is 24.3. The van der Waals surface area contributed by atoms with Crippen molar-refractivity contribution in [2.24, 2.45) is 4.99 Å². The van der Waals surface area contributed by atoms with Gasteiger partial charge in [-0.2, -0.15) is 0 Å². The molecule has 0 fully saturated rings. The van der Waals surface area contributed by atoms with Gasteiger partial charge in [0.1, 0.15) is 17.2 Å². The minimum atomic E-state index is -0.676. The number of fused-ring (bicyclic) bond motifs is 1. The number of nitrogens with zero attached hydrogens (tertiary/aromatic N) is 2. The van der Waals surface area contributed by atoms with Crippen molar-refractivity contribution in [1.29, 1.82) is 0 Å². The van der Waals surface area contributed by atoms with Gasteiger partial charge in [-0.05, 0) is 60.5 Å². The number of methoxy groups -OCH3 is 2. The lowest BCUT2D eigenvalue weighted by Gasteiger charge is -2.24. The molecule has 5 rings (SSSR count). The largest absolute Gasteiger partial charge is 0.497 e. The number of benzene rings is 3. The summed E-state index contributed by atoms with van der Waals surface area (Å²) in [6.45, 7) is 1.75. The molecule has 0 amide bonds. The molecule has 0 N–H and O–H groups in total. The summed E-state index contributed by atoms with van der Waals surface area (Å²) in [4.78, 5) is 31.6. The van der Waals surface area contributed by atoms with Crippen LogP contribution in [0.5, 0.6) is 17.2 Å². The lowest BCUT2D eigenvalue weighted by molar-refractivity contribution is -0.136. The first-order valence-corrected chi connectivity index (χ1v) is 12.4. The smallest absolute Gasteiger partial charge is 0.338 e. The summed E-state index contributed by atoms with van der Waals surface area (Å²) in [5.74, 6) is 1.54. The Morgan fingerprint density at radius 3 is 2.38 bits per heavy atom. The van der Waals surface area contributed by atoms with Crippen LogP contribution in [0.4, 0.5) is 0 Å². The Morgan fingerprint density at radius 1 is 0.946 bits per heavy atom. The molecule has 1 aliphatic heterocycles. The Bertz CT molecular complexity index is 1670. The van der Waals surface area contributed by atoms with Crippen LogP contribution in [0.2, 0.25) is 0 Å². The molecule has 0 aliphatic carbocycles. The maximum Gasteiger partial charge on any atom is 0.338 e. The van der Waals surface area contributed by atoms with E-state index in [1.54, 1.807) is 30.7 Å². The molecular weight excluding hydrogens is 488 g/mol. The van der Waals surface area contributed by atoms with Crippen LogP contribution in [-0.4, -0.2) is 24.8 Å². The average Bonchev–Trinajstić information content (AvgIpc) is 3.22. The Labute approximate surface area is 217 Å². The second kappa shape index (κ2) is 10.3. The topological polar surface area (TPSA) is 79.1 Å². The van der Waals surface area contributed by atoms with E-state index in [1.807, 2.05) is 72.8 Å². The minimum Gasteiger partial charge on any atom is -0.497 e. The SMILES string of the molecule is COC(=O)C1=C(C)N=c2s/c(=C/c3cccc(Oc4ccccc4)c3)c(=O)n2[C@H]1c1ccc(OC)cc1. The van der Waals surface area contributed by atoms with Gasteiger partial charge in [0.2, 0.25) is 0 Å². The average molecular weight is 513 g/mol. The van der Waals surface area contributed by atoms with E-state index in [-0.39, 0.29) is 5.56 Å². The number of para-hydroxylation sites is 1. The summed E-state index contributed by atoms with van der Waals surface area (Å²) in [5, 5.41) is 0. The number of carbonyl (C=O) groups excluding carboxylic acids is 1. The lowest BCUT2D eigenvalue weighted by atomic mass is 9.96. The highest BCUT2D eigenvalue weighted by Gasteiger charge is 2.33. The molecular formula is C29H24N2O5S. The number of hydrogen-bond acceptors (Lipinski definition) is 7. The predicted molar refractivity (Wildman–Crippen MR) is 142 cm³/mol. The molecule has 7 nitrogen and oxygen atoms in total. The molecule has 2 heterocycles. The normalized spacial score (nSPS) is 15.1. The molecule has 1 aromatic heterocycles. The molecule has 0 bridgehead atoms. The lowest BCUT2D eigenvalue weighted by Crippen LogP contribution is -2.39. The Balaban J connectivity index is 1.61. The van der Waals surface area contributed by atoms with Crippen molar-refractivity contribution in [1.82, 2.24) is 4.57 Å². The molecule has 0 radical (unpaired) electrons. The second-order valence-corrected chi connectivity index (χ2v) is 9.34. The van der Waals surface area contributed by atoms with Crippen LogP contribution in [0.1, 0.15) is 24.1 Å². The molecule has 37 heavy (non-hydrogen) atoms. The Morgan fingerprint density at radius 2 is 1.68 bits per heavy atom. The fourth-order valence-corrected chi connectivity index (χ4v) is 5.28. The van der Waals surface area contributed by atoms with Crippen LogP contribution >= 0.6 is 11.3 Å². The van der Waals surface area contributed by atoms with Crippen molar-refractivity contribution < 1.29 is 19.0 Å². The third kappa shape index (κ3) is 4.83. The van der Waals surface area contributed by atoms with Gasteiger partial charge in [-0.3, -0.25) is 9.36 Å². The van der Waals surface area contributed by atoms with Gasteiger partial charge in [0.25, 0.3) is 5.56 Å². The summed E-state index contributed by atoms with van der Waals surface area (Å²) in [7, 11) is 2.91. The van der Waals surface area contributed by atoms with Crippen molar-refractivity contribution in [3.63, 3.8) is 0 Å². The molecule has 186 valence electrons. The summed E-state index contributed by atoms with van der Waals surface area (Å²) in [6.07, 6.45) is 1.81. The quantitative estimate of drug-likeness (QED) is 0.362. The van der Waals surface area contributed by atoms with Gasteiger partial charge in [-0.1, -0.05) is 53.8 Å². The van der Waals surface area contributed by atoms with Gasteiger partial charge in [0.05, 0.1) is 36.1 Å². The van der Waals surface area contributed by atoms with Crippen LogP contribution in [-0.2, 0) is 9.53 Å². The van der Waals surface area contributed by atoms with Gasteiger partial charge < -0.3 is 14.2 Å².